The second-order valence-corrected chi connectivity index (χ2v) is 3.55. The van der Waals surface area contributed by atoms with Crippen LogP contribution in [0.5, 0.6) is 0 Å². The highest BCUT2D eigenvalue weighted by atomic mass is 35.5. The third-order valence-electron chi connectivity index (χ3n) is 0.643. The molecule has 12 heteroatoms. The van der Waals surface area contributed by atoms with E-state index in [1.54, 1.807) is 0 Å². The van der Waals surface area contributed by atoms with E-state index in [0.29, 0.717) is 10.9 Å². The molecule has 0 radical (unpaired) electrons. The Kier molecular flexibility index (Phi) is 41.3. The van der Waals surface area contributed by atoms with Crippen LogP contribution in [0.4, 0.5) is 36.4 Å². The van der Waals surface area contributed by atoms with Gasteiger partial charge in [0, 0.05) is 5.03 Å². The highest BCUT2D eigenvalue weighted by Gasteiger charge is 2.50. The first-order chi connectivity index (χ1) is 5.52. The summed E-state index contributed by atoms with van der Waals surface area (Å²) in [6, 6.07) is 0. The molecule has 0 amide bonds. The van der Waals surface area contributed by atoms with Crippen LogP contribution >= 0.6 is 47.2 Å². The van der Waals surface area contributed by atoms with Crippen LogP contribution in [0.1, 0.15) is 6.92 Å². The van der Waals surface area contributed by atoms with E-state index in [2.05, 4.69) is 18.2 Å². The average molecular weight is 378 g/mol. The Balaban J connectivity index is -0.0000000222. The number of halogens is 12. The fourth-order valence-corrected chi connectivity index (χ4v) is 0. The highest BCUT2D eigenvalue weighted by molar-refractivity contribution is 6.35. The fraction of sp³-hybridized carbons (Fsp3) is 0.667. The van der Waals surface area contributed by atoms with Gasteiger partial charge in [-0.15, -0.1) is 24.0 Å². The molecule has 0 aromatic rings. The summed E-state index contributed by atoms with van der Waals surface area (Å²) < 4.78 is 44.7. The predicted molar refractivity (Wildman–Crippen MR) is 64.4 cm³/mol. The lowest BCUT2D eigenvalue weighted by atomic mass is 10.4. The zero-order valence-electron chi connectivity index (χ0n) is 8.60. The van der Waals surface area contributed by atoms with Crippen LogP contribution in [-0.2, 0) is 0 Å². The molecule has 0 aliphatic rings. The van der Waals surface area contributed by atoms with Gasteiger partial charge in [-0.05, 0) is 6.92 Å². The van der Waals surface area contributed by atoms with Gasteiger partial charge < -0.3 is 0 Å². The molecular formula is C6H12Cl4F8. The molecule has 0 N–H and O–H groups in total. The second kappa shape index (κ2) is 17.3. The number of hydrogen-bond acceptors (Lipinski definition) is 0. The van der Waals surface area contributed by atoms with E-state index in [9.17, 15) is 17.6 Å². The predicted octanol–water partition coefficient (Wildman–Crippen LogP) is 5.48. The summed E-state index contributed by atoms with van der Waals surface area (Å²) in [6.07, 6.45) is -4.96. The minimum Gasteiger partial charge on any atom is -0.269 e. The Hall–Kier alpha value is 0.340. The van der Waals surface area contributed by atoms with E-state index in [-0.39, 0.29) is 38.1 Å². The van der Waals surface area contributed by atoms with Gasteiger partial charge in [-0.25, -0.2) is 4.39 Å². The van der Waals surface area contributed by atoms with E-state index < -0.39 is 11.3 Å². The summed E-state index contributed by atoms with van der Waals surface area (Å²) >= 11 is 14.5. The molecule has 0 saturated heterocycles. The normalized spacial score (nSPS) is 11.1. The third-order valence-corrected chi connectivity index (χ3v) is 1.45. The van der Waals surface area contributed by atoms with Crippen LogP contribution < -0.4 is 0 Å². The van der Waals surface area contributed by atoms with Crippen LogP contribution in [0.2, 0.25) is 0 Å². The van der Waals surface area contributed by atoms with Gasteiger partial charge in [-0.3, -0.25) is 18.8 Å². The van der Waals surface area contributed by atoms with Crippen molar-refractivity contribution in [2.75, 3.05) is 5.88 Å². The minimum absolute atomic E-state index is 0. The summed E-state index contributed by atoms with van der Waals surface area (Å²) in [5, 5.41) is -3.10. The quantitative estimate of drug-likeness (QED) is 0.419. The molecule has 0 saturated carbocycles. The van der Waals surface area contributed by atoms with Crippen molar-refractivity contribution in [2.24, 2.45) is 0 Å². The Bertz CT molecular complexity index is 154. The lowest BCUT2D eigenvalue weighted by Gasteiger charge is -2.14. The maximum atomic E-state index is 11.5. The molecule has 18 heavy (non-hydrogen) atoms. The van der Waals surface area contributed by atoms with Gasteiger partial charge in [-0.2, -0.15) is 13.2 Å². The summed E-state index contributed by atoms with van der Waals surface area (Å²) in [5.74, 6) is 0.349. The average Bonchev–Trinajstić information content (AvgIpc) is 1.84. The van der Waals surface area contributed by atoms with Crippen molar-refractivity contribution >= 4 is 47.2 Å². The third kappa shape index (κ3) is 29.9. The van der Waals surface area contributed by atoms with Crippen LogP contribution in [0.3, 0.4) is 0 Å². The number of allylic oxidation sites excluding steroid dienone is 1. The van der Waals surface area contributed by atoms with Crippen LogP contribution in [0.25, 0.3) is 0 Å². The topological polar surface area (TPSA) is 0 Å². The molecule has 0 fully saturated rings. The van der Waals surface area contributed by atoms with Crippen molar-refractivity contribution in [1.29, 1.82) is 0 Å². The van der Waals surface area contributed by atoms with Crippen molar-refractivity contribution in [1.82, 2.24) is 0 Å². The highest BCUT2D eigenvalue weighted by Crippen LogP contribution is 2.36. The molecule has 0 aromatic heterocycles. The molecule has 0 bridgehead atoms. The number of alkyl halides is 6. The van der Waals surface area contributed by atoms with Crippen molar-refractivity contribution in [3.05, 3.63) is 11.6 Å². The van der Waals surface area contributed by atoms with Crippen LogP contribution in [0, 0.1) is 0 Å². The van der Waals surface area contributed by atoms with Crippen LogP contribution in [0.15, 0.2) is 11.6 Å². The van der Waals surface area contributed by atoms with Gasteiger partial charge in [-0.1, -0.05) is 29.8 Å². The van der Waals surface area contributed by atoms with E-state index >= 15 is 0 Å². The maximum absolute atomic E-state index is 11.5. The van der Waals surface area contributed by atoms with E-state index in [0.717, 1.165) is 0 Å². The molecular weight excluding hydrogens is 366 g/mol. The van der Waals surface area contributed by atoms with Gasteiger partial charge in [0.15, 0.2) is 0 Å². The van der Waals surface area contributed by atoms with Crippen molar-refractivity contribution < 1.29 is 36.4 Å². The van der Waals surface area contributed by atoms with Gasteiger partial charge in [0.2, 0.25) is 0 Å². The van der Waals surface area contributed by atoms with Crippen LogP contribution in [-0.4, -0.2) is 17.2 Å². The lowest BCUT2D eigenvalue weighted by Crippen LogP contribution is -2.31. The van der Waals surface area contributed by atoms with E-state index in [4.69, 9.17) is 23.2 Å². The number of hydrogen-bond donors (Lipinski definition) is 0. The lowest BCUT2D eigenvalue weighted by molar-refractivity contribution is -0.192. The molecule has 0 spiro atoms. The monoisotopic (exact) mass is 376 g/mol. The van der Waals surface area contributed by atoms with Gasteiger partial charge in [0.05, 0.1) is 5.88 Å². The van der Waals surface area contributed by atoms with Gasteiger partial charge in [0.25, 0.3) is 5.13 Å². The van der Waals surface area contributed by atoms with Crippen molar-refractivity contribution in [3.63, 3.8) is 0 Å². The van der Waals surface area contributed by atoms with Crippen molar-refractivity contribution in [3.8, 4) is 0 Å². The molecule has 0 heterocycles. The molecule has 1 atom stereocenters. The Morgan fingerprint density at radius 2 is 1.17 bits per heavy atom. The summed E-state index contributed by atoms with van der Waals surface area (Å²) in [5.41, 5.74) is 0. The number of rotatable bonds is 1. The van der Waals surface area contributed by atoms with E-state index in [1.165, 1.54) is 0 Å². The first kappa shape index (κ1) is 42.9. The summed E-state index contributed by atoms with van der Waals surface area (Å²) in [7, 11) is 0. The smallest absolute Gasteiger partial charge is 0.269 e. The zero-order chi connectivity index (χ0) is 11.3. The largest absolute Gasteiger partial charge is 0.436 e. The molecule has 0 aliphatic carbocycles. The standard InChI is InChI=1S/C3H4Cl2.C3H3ClF4.ClH.4FH/c1-3(5)2-4;1-2(4,5)3(6,7)8;;;;;/h1-2H2;1H3;5*1H. The maximum Gasteiger partial charge on any atom is 0.436 e. The molecule has 1 unspecified atom stereocenters. The minimum atomic E-state index is -4.96. The Morgan fingerprint density at radius 1 is 1.06 bits per heavy atom. The fourth-order valence-electron chi connectivity index (χ4n) is 0. The molecule has 0 aliphatic heterocycles. The molecule has 120 valence electrons. The van der Waals surface area contributed by atoms with E-state index in [1.807, 2.05) is 0 Å². The van der Waals surface area contributed by atoms with Crippen molar-refractivity contribution in [2.45, 2.75) is 18.2 Å². The zero-order valence-corrected chi connectivity index (χ0v) is 11.7. The molecule has 0 aromatic carbocycles. The van der Waals surface area contributed by atoms with Gasteiger partial charge in [0.1, 0.15) is 0 Å². The Labute approximate surface area is 120 Å². The Morgan fingerprint density at radius 3 is 1.17 bits per heavy atom. The summed E-state index contributed by atoms with van der Waals surface area (Å²) in [4.78, 5) is 0. The molecule has 0 nitrogen and oxygen atoms in total. The SMILES string of the molecule is C=C(Cl)CCl.CC(F)(Cl)C(F)(F)F.Cl.F.F.F.F. The first-order valence-corrected chi connectivity index (χ1v) is 4.15. The summed E-state index contributed by atoms with van der Waals surface area (Å²) in [6.45, 7) is 3.55. The van der Waals surface area contributed by atoms with Gasteiger partial charge >= 0.3 is 6.18 Å². The second-order valence-electron chi connectivity index (χ2n) is 2.04. The molecule has 0 rings (SSSR count). The first-order valence-electron chi connectivity index (χ1n) is 2.86.